The SMILES string of the molecule is CC1(C)OB(c2cccc3snnc23)OC1(C)C. The van der Waals surface area contributed by atoms with Crippen LogP contribution in [-0.4, -0.2) is 27.9 Å². The molecular weight excluding hydrogens is 247 g/mol. The van der Waals surface area contributed by atoms with E-state index in [0.717, 1.165) is 15.7 Å². The average molecular weight is 262 g/mol. The van der Waals surface area contributed by atoms with Gasteiger partial charge in [-0.3, -0.25) is 0 Å². The van der Waals surface area contributed by atoms with Gasteiger partial charge in [0.05, 0.1) is 15.9 Å². The van der Waals surface area contributed by atoms with Gasteiger partial charge in [0.25, 0.3) is 0 Å². The van der Waals surface area contributed by atoms with E-state index < -0.39 is 0 Å². The second-order valence-corrected chi connectivity index (χ2v) is 6.34. The highest BCUT2D eigenvalue weighted by molar-refractivity contribution is 7.13. The Morgan fingerprint density at radius 3 is 2.44 bits per heavy atom. The number of fused-ring (bicyclic) bond motifs is 1. The summed E-state index contributed by atoms with van der Waals surface area (Å²) in [4.78, 5) is 0. The molecule has 2 heterocycles. The standard InChI is InChI=1S/C12H15BN2O2S/c1-11(2)12(3,4)17-13(16-11)8-6-5-7-9-10(8)14-15-18-9/h5-7H,1-4H3. The van der Waals surface area contributed by atoms with Crippen molar-refractivity contribution in [3.63, 3.8) is 0 Å². The molecule has 0 amide bonds. The van der Waals surface area contributed by atoms with Crippen LogP contribution in [0.15, 0.2) is 18.2 Å². The Labute approximate surface area is 111 Å². The van der Waals surface area contributed by atoms with Gasteiger partial charge < -0.3 is 9.31 Å². The fourth-order valence-corrected chi connectivity index (χ4v) is 2.58. The van der Waals surface area contributed by atoms with Gasteiger partial charge in [0.15, 0.2) is 0 Å². The fraction of sp³-hybridized carbons (Fsp3) is 0.500. The third-order valence-corrected chi connectivity index (χ3v) is 4.51. The van der Waals surface area contributed by atoms with Crippen LogP contribution in [0.25, 0.3) is 10.2 Å². The minimum Gasteiger partial charge on any atom is -0.399 e. The number of nitrogens with zero attached hydrogens (tertiary/aromatic N) is 2. The molecule has 1 fully saturated rings. The predicted molar refractivity (Wildman–Crippen MR) is 73.1 cm³/mol. The molecule has 94 valence electrons. The van der Waals surface area contributed by atoms with Crippen LogP contribution in [0.3, 0.4) is 0 Å². The molecule has 3 rings (SSSR count). The van der Waals surface area contributed by atoms with Gasteiger partial charge in [-0.25, -0.2) is 0 Å². The zero-order chi connectivity index (χ0) is 13.0. The van der Waals surface area contributed by atoms with Crippen LogP contribution >= 0.6 is 11.5 Å². The van der Waals surface area contributed by atoms with E-state index in [9.17, 15) is 0 Å². The Morgan fingerprint density at radius 2 is 1.78 bits per heavy atom. The predicted octanol–water partition coefficient (Wildman–Crippen LogP) is 1.99. The highest BCUT2D eigenvalue weighted by Gasteiger charge is 2.52. The minimum absolute atomic E-state index is 0.330. The maximum absolute atomic E-state index is 6.04. The molecule has 0 aliphatic carbocycles. The summed E-state index contributed by atoms with van der Waals surface area (Å²) in [5.41, 5.74) is 1.17. The third kappa shape index (κ3) is 1.67. The monoisotopic (exact) mass is 262 g/mol. The molecule has 1 aromatic heterocycles. The Morgan fingerprint density at radius 1 is 1.11 bits per heavy atom. The molecule has 6 heteroatoms. The summed E-state index contributed by atoms with van der Waals surface area (Å²) >= 11 is 1.39. The fourth-order valence-electron chi connectivity index (χ4n) is 1.99. The molecule has 18 heavy (non-hydrogen) atoms. The molecular formula is C12H15BN2O2S. The van der Waals surface area contributed by atoms with Gasteiger partial charge in [0, 0.05) is 5.46 Å². The molecule has 0 bridgehead atoms. The summed E-state index contributed by atoms with van der Waals surface area (Å²) in [5.74, 6) is 0. The molecule has 1 saturated heterocycles. The zero-order valence-electron chi connectivity index (χ0n) is 10.9. The van der Waals surface area contributed by atoms with Crippen molar-refractivity contribution in [2.45, 2.75) is 38.9 Å². The van der Waals surface area contributed by atoms with Gasteiger partial charge in [0.2, 0.25) is 0 Å². The van der Waals surface area contributed by atoms with E-state index >= 15 is 0 Å². The van der Waals surface area contributed by atoms with Crippen LogP contribution in [0.1, 0.15) is 27.7 Å². The van der Waals surface area contributed by atoms with E-state index in [2.05, 4.69) is 9.59 Å². The Balaban J connectivity index is 2.05. The molecule has 1 aromatic carbocycles. The molecule has 1 aliphatic heterocycles. The molecule has 0 spiro atoms. The van der Waals surface area contributed by atoms with Gasteiger partial charge in [0.1, 0.15) is 5.52 Å². The van der Waals surface area contributed by atoms with Crippen molar-refractivity contribution >= 4 is 34.3 Å². The van der Waals surface area contributed by atoms with Gasteiger partial charge in [-0.2, -0.15) is 0 Å². The normalized spacial score (nSPS) is 21.7. The molecule has 0 atom stereocenters. The number of aromatic nitrogens is 2. The average Bonchev–Trinajstić information content (AvgIpc) is 2.81. The van der Waals surface area contributed by atoms with Gasteiger partial charge in [-0.15, -0.1) is 5.10 Å². The Bertz CT molecular complexity index is 581. The van der Waals surface area contributed by atoms with Crippen LogP contribution in [-0.2, 0) is 9.31 Å². The molecule has 0 radical (unpaired) electrons. The number of benzene rings is 1. The lowest BCUT2D eigenvalue weighted by Gasteiger charge is -2.32. The van der Waals surface area contributed by atoms with Gasteiger partial charge in [-0.1, -0.05) is 16.6 Å². The summed E-state index contributed by atoms with van der Waals surface area (Å²) in [6.07, 6.45) is 0. The van der Waals surface area contributed by atoms with Crippen LogP contribution < -0.4 is 5.46 Å². The molecule has 2 aromatic rings. The van der Waals surface area contributed by atoms with E-state index in [0.29, 0.717) is 0 Å². The molecule has 1 aliphatic rings. The largest absolute Gasteiger partial charge is 0.497 e. The van der Waals surface area contributed by atoms with Crippen LogP contribution in [0.2, 0.25) is 0 Å². The van der Waals surface area contributed by atoms with Crippen LogP contribution in [0.4, 0.5) is 0 Å². The summed E-state index contributed by atoms with van der Waals surface area (Å²) in [6, 6.07) is 5.99. The summed E-state index contributed by atoms with van der Waals surface area (Å²) in [5, 5.41) is 4.17. The first kappa shape index (κ1) is 12.1. The van der Waals surface area contributed by atoms with Crippen LogP contribution in [0, 0.1) is 0 Å². The lowest BCUT2D eigenvalue weighted by molar-refractivity contribution is 0.00578. The van der Waals surface area contributed by atoms with Crippen molar-refractivity contribution in [1.29, 1.82) is 0 Å². The van der Waals surface area contributed by atoms with Gasteiger partial charge >= 0.3 is 7.12 Å². The first-order valence-electron chi connectivity index (χ1n) is 5.97. The summed E-state index contributed by atoms with van der Waals surface area (Å²) < 4.78 is 17.1. The van der Waals surface area contributed by atoms with E-state index in [1.54, 1.807) is 0 Å². The smallest absolute Gasteiger partial charge is 0.399 e. The van der Waals surface area contributed by atoms with Crippen molar-refractivity contribution in [1.82, 2.24) is 9.59 Å². The summed E-state index contributed by atoms with van der Waals surface area (Å²) in [7, 11) is -0.373. The lowest BCUT2D eigenvalue weighted by Crippen LogP contribution is -2.41. The zero-order valence-corrected chi connectivity index (χ0v) is 11.7. The second-order valence-electron chi connectivity index (χ2n) is 5.56. The van der Waals surface area contributed by atoms with Crippen molar-refractivity contribution in [3.05, 3.63) is 18.2 Å². The third-order valence-electron chi connectivity index (χ3n) is 3.82. The topological polar surface area (TPSA) is 44.2 Å². The molecule has 0 unspecified atom stereocenters. The Hall–Kier alpha value is -0.975. The molecule has 0 saturated carbocycles. The quantitative estimate of drug-likeness (QED) is 0.737. The van der Waals surface area contributed by atoms with Crippen molar-refractivity contribution in [2.24, 2.45) is 0 Å². The van der Waals surface area contributed by atoms with E-state index in [1.165, 1.54) is 11.5 Å². The van der Waals surface area contributed by atoms with Crippen molar-refractivity contribution in [3.8, 4) is 0 Å². The highest BCUT2D eigenvalue weighted by atomic mass is 32.1. The number of hydrogen-bond donors (Lipinski definition) is 0. The summed E-state index contributed by atoms with van der Waals surface area (Å²) in [6.45, 7) is 8.19. The van der Waals surface area contributed by atoms with E-state index in [1.807, 2.05) is 45.9 Å². The second kappa shape index (κ2) is 3.76. The van der Waals surface area contributed by atoms with Crippen LogP contribution in [0.5, 0.6) is 0 Å². The minimum atomic E-state index is -0.373. The highest BCUT2D eigenvalue weighted by Crippen LogP contribution is 2.36. The van der Waals surface area contributed by atoms with Crippen molar-refractivity contribution < 1.29 is 9.31 Å². The maximum atomic E-state index is 6.04. The molecule has 4 nitrogen and oxygen atoms in total. The first-order valence-corrected chi connectivity index (χ1v) is 6.75. The Kier molecular flexibility index (Phi) is 2.52. The number of rotatable bonds is 1. The molecule has 0 N–H and O–H groups in total. The van der Waals surface area contributed by atoms with E-state index in [4.69, 9.17) is 9.31 Å². The van der Waals surface area contributed by atoms with E-state index in [-0.39, 0.29) is 18.3 Å². The van der Waals surface area contributed by atoms with Gasteiger partial charge in [-0.05, 0) is 45.3 Å². The number of hydrogen-bond acceptors (Lipinski definition) is 5. The first-order chi connectivity index (χ1) is 8.41. The maximum Gasteiger partial charge on any atom is 0.497 e. The lowest BCUT2D eigenvalue weighted by atomic mass is 9.78. The van der Waals surface area contributed by atoms with Crippen molar-refractivity contribution in [2.75, 3.05) is 0 Å².